The first-order valence-electron chi connectivity index (χ1n) is 10.1. The van der Waals surface area contributed by atoms with Crippen molar-refractivity contribution >= 4 is 46.3 Å². The summed E-state index contributed by atoms with van der Waals surface area (Å²) in [5.41, 5.74) is 2.06. The fraction of sp³-hybridized carbons (Fsp3) is 0.273. The molecule has 3 amide bonds. The summed E-state index contributed by atoms with van der Waals surface area (Å²) in [4.78, 5) is 26.9. The number of piperidine rings is 1. The lowest BCUT2D eigenvalue weighted by molar-refractivity contribution is 0.102. The Morgan fingerprint density at radius 2 is 1.88 bits per heavy atom. The van der Waals surface area contributed by atoms with E-state index in [1.165, 1.54) is 35.6 Å². The average molecular weight is 474 g/mol. The van der Waals surface area contributed by atoms with Crippen molar-refractivity contribution in [2.24, 2.45) is 0 Å². The van der Waals surface area contributed by atoms with Gasteiger partial charge in [0.05, 0.1) is 0 Å². The normalized spacial score (nSPS) is 16.0. The number of hydrogen-bond acceptors (Lipinski definition) is 5. The summed E-state index contributed by atoms with van der Waals surface area (Å²) < 4.78 is 13.0. The van der Waals surface area contributed by atoms with Gasteiger partial charge in [0.1, 0.15) is 10.8 Å². The lowest BCUT2D eigenvalue weighted by atomic mass is 9.99. The van der Waals surface area contributed by atoms with Crippen molar-refractivity contribution in [3.05, 3.63) is 68.9 Å². The first kappa shape index (κ1) is 22.2. The van der Waals surface area contributed by atoms with Crippen LogP contribution in [0.25, 0.3) is 0 Å². The minimum atomic E-state index is -0.401. The van der Waals surface area contributed by atoms with E-state index in [0.29, 0.717) is 34.5 Å². The van der Waals surface area contributed by atoms with Gasteiger partial charge in [-0.3, -0.25) is 4.79 Å². The molecule has 1 saturated heterocycles. The summed E-state index contributed by atoms with van der Waals surface area (Å²) >= 11 is 7.35. The van der Waals surface area contributed by atoms with E-state index < -0.39 is 5.91 Å². The third kappa shape index (κ3) is 5.23. The predicted molar refractivity (Wildman–Crippen MR) is 123 cm³/mol. The standard InChI is InChI=1S/C22H21ClFN5O2S/c1-13-4-7-17(11-18(13)23)26-22(31)29-10-2-3-14(12-29)20-27-28-21(32-20)19(30)25-16-8-5-15(24)6-9-16/h4-9,11,14H,2-3,10,12H2,1H3,(H,25,30)(H,26,31)/t14-/m1/s1. The molecule has 1 aliphatic rings. The summed E-state index contributed by atoms with van der Waals surface area (Å²) in [6, 6.07) is 10.7. The van der Waals surface area contributed by atoms with E-state index in [0.717, 1.165) is 18.4 Å². The second-order valence-electron chi connectivity index (χ2n) is 7.59. The van der Waals surface area contributed by atoms with E-state index >= 15 is 0 Å². The Labute approximate surface area is 193 Å². The maximum absolute atomic E-state index is 13.0. The molecule has 32 heavy (non-hydrogen) atoms. The third-order valence-electron chi connectivity index (χ3n) is 5.22. The van der Waals surface area contributed by atoms with E-state index in [1.54, 1.807) is 11.0 Å². The van der Waals surface area contributed by atoms with Crippen molar-refractivity contribution in [2.75, 3.05) is 23.7 Å². The van der Waals surface area contributed by atoms with Gasteiger partial charge in [-0.05, 0) is 61.7 Å². The number of likely N-dealkylation sites (tertiary alicyclic amines) is 1. The minimum absolute atomic E-state index is 0.000905. The maximum Gasteiger partial charge on any atom is 0.321 e. The van der Waals surface area contributed by atoms with Gasteiger partial charge in [0.2, 0.25) is 5.01 Å². The molecule has 4 rings (SSSR count). The number of anilines is 2. The Bertz CT molecular complexity index is 1140. The molecule has 0 spiro atoms. The van der Waals surface area contributed by atoms with Gasteiger partial charge in [-0.25, -0.2) is 9.18 Å². The highest BCUT2D eigenvalue weighted by Crippen LogP contribution is 2.30. The van der Waals surface area contributed by atoms with Crippen LogP contribution in [0.4, 0.5) is 20.6 Å². The van der Waals surface area contributed by atoms with Gasteiger partial charge in [0.15, 0.2) is 0 Å². The maximum atomic E-state index is 13.0. The monoisotopic (exact) mass is 473 g/mol. The quantitative estimate of drug-likeness (QED) is 0.538. The van der Waals surface area contributed by atoms with Gasteiger partial charge < -0.3 is 15.5 Å². The molecule has 7 nitrogen and oxygen atoms in total. The fourth-order valence-electron chi connectivity index (χ4n) is 3.45. The Hall–Kier alpha value is -3.04. The first-order chi connectivity index (χ1) is 15.4. The average Bonchev–Trinajstić information content (AvgIpc) is 3.28. The molecule has 2 aromatic carbocycles. The van der Waals surface area contributed by atoms with Gasteiger partial charge >= 0.3 is 6.03 Å². The number of aryl methyl sites for hydroxylation is 1. The predicted octanol–water partition coefficient (Wildman–Crippen LogP) is 5.30. The number of nitrogens with zero attached hydrogens (tertiary/aromatic N) is 3. The highest BCUT2D eigenvalue weighted by atomic mass is 35.5. The summed E-state index contributed by atoms with van der Waals surface area (Å²) in [7, 11) is 0. The number of halogens is 2. The van der Waals surface area contributed by atoms with Crippen LogP contribution in [0.3, 0.4) is 0 Å². The number of carbonyl (C=O) groups excluding carboxylic acids is 2. The largest absolute Gasteiger partial charge is 0.324 e. The van der Waals surface area contributed by atoms with Crippen molar-refractivity contribution in [1.82, 2.24) is 15.1 Å². The van der Waals surface area contributed by atoms with Crippen molar-refractivity contribution in [3.63, 3.8) is 0 Å². The molecule has 0 saturated carbocycles. The van der Waals surface area contributed by atoms with Crippen LogP contribution in [-0.4, -0.2) is 40.1 Å². The first-order valence-corrected chi connectivity index (χ1v) is 11.3. The summed E-state index contributed by atoms with van der Waals surface area (Å²) in [5.74, 6) is -0.777. The van der Waals surface area contributed by atoms with E-state index in [2.05, 4.69) is 20.8 Å². The molecular formula is C22H21ClFN5O2S. The second-order valence-corrected chi connectivity index (χ2v) is 9.00. The lowest BCUT2D eigenvalue weighted by Gasteiger charge is -2.31. The van der Waals surface area contributed by atoms with Crippen LogP contribution in [0.1, 0.15) is 39.1 Å². The zero-order valence-corrected chi connectivity index (χ0v) is 18.8. The van der Waals surface area contributed by atoms with Crippen molar-refractivity contribution in [2.45, 2.75) is 25.7 Å². The number of urea groups is 1. The smallest absolute Gasteiger partial charge is 0.321 e. The molecule has 166 valence electrons. The molecule has 1 fully saturated rings. The Balaban J connectivity index is 1.38. The lowest BCUT2D eigenvalue weighted by Crippen LogP contribution is -2.41. The molecule has 2 N–H and O–H groups in total. The molecule has 3 aromatic rings. The van der Waals surface area contributed by atoms with Gasteiger partial charge in [-0.1, -0.05) is 29.0 Å². The number of amides is 3. The number of benzene rings is 2. The molecule has 1 aromatic heterocycles. The van der Waals surface area contributed by atoms with E-state index in [-0.39, 0.29) is 22.8 Å². The molecule has 1 atom stereocenters. The number of hydrogen-bond donors (Lipinski definition) is 2. The zero-order chi connectivity index (χ0) is 22.7. The molecule has 0 unspecified atom stereocenters. The van der Waals surface area contributed by atoms with Crippen LogP contribution in [-0.2, 0) is 0 Å². The van der Waals surface area contributed by atoms with Gasteiger partial charge in [0.25, 0.3) is 5.91 Å². The van der Waals surface area contributed by atoms with Crippen LogP contribution in [0, 0.1) is 12.7 Å². The number of carbonyl (C=O) groups is 2. The van der Waals surface area contributed by atoms with Crippen LogP contribution in [0.5, 0.6) is 0 Å². The summed E-state index contributed by atoms with van der Waals surface area (Å²) in [5, 5.41) is 15.3. The summed E-state index contributed by atoms with van der Waals surface area (Å²) in [6.07, 6.45) is 1.68. The van der Waals surface area contributed by atoms with E-state index in [9.17, 15) is 14.0 Å². The Kier molecular flexibility index (Phi) is 6.66. The highest BCUT2D eigenvalue weighted by molar-refractivity contribution is 7.13. The van der Waals surface area contributed by atoms with Crippen LogP contribution in [0.2, 0.25) is 5.02 Å². The molecule has 10 heteroatoms. The van der Waals surface area contributed by atoms with Crippen molar-refractivity contribution in [1.29, 1.82) is 0 Å². The molecule has 2 heterocycles. The van der Waals surface area contributed by atoms with Crippen LogP contribution < -0.4 is 10.6 Å². The molecule has 0 radical (unpaired) electrons. The van der Waals surface area contributed by atoms with Crippen LogP contribution >= 0.6 is 22.9 Å². The van der Waals surface area contributed by atoms with Crippen molar-refractivity contribution in [3.8, 4) is 0 Å². The summed E-state index contributed by atoms with van der Waals surface area (Å²) in [6.45, 7) is 3.03. The van der Waals surface area contributed by atoms with E-state index in [1.807, 2.05) is 19.1 Å². The molecule has 0 aliphatic carbocycles. The van der Waals surface area contributed by atoms with Crippen LogP contribution in [0.15, 0.2) is 42.5 Å². The number of rotatable bonds is 4. The van der Waals surface area contributed by atoms with Crippen molar-refractivity contribution < 1.29 is 14.0 Å². The van der Waals surface area contributed by atoms with Gasteiger partial charge in [0, 0.05) is 35.4 Å². The number of aromatic nitrogens is 2. The molecule has 0 bridgehead atoms. The highest BCUT2D eigenvalue weighted by Gasteiger charge is 2.28. The second kappa shape index (κ2) is 9.62. The molecular weight excluding hydrogens is 453 g/mol. The molecule has 1 aliphatic heterocycles. The van der Waals surface area contributed by atoms with Gasteiger partial charge in [-0.15, -0.1) is 10.2 Å². The van der Waals surface area contributed by atoms with Gasteiger partial charge in [-0.2, -0.15) is 0 Å². The SMILES string of the molecule is Cc1ccc(NC(=O)N2CCC[C@@H](c3nnc(C(=O)Nc4ccc(F)cc4)s3)C2)cc1Cl. The van der Waals surface area contributed by atoms with E-state index in [4.69, 9.17) is 11.6 Å². The number of nitrogens with one attached hydrogen (secondary N) is 2. The fourth-order valence-corrected chi connectivity index (χ4v) is 4.49. The zero-order valence-electron chi connectivity index (χ0n) is 17.3. The Morgan fingerprint density at radius 3 is 2.62 bits per heavy atom. The third-order valence-corrected chi connectivity index (χ3v) is 6.71. The minimum Gasteiger partial charge on any atom is -0.324 e. The Morgan fingerprint density at radius 1 is 1.12 bits per heavy atom. The topological polar surface area (TPSA) is 87.2 Å².